The Morgan fingerprint density at radius 2 is 2.00 bits per heavy atom. The van der Waals surface area contributed by atoms with Crippen LogP contribution < -0.4 is 14.8 Å². The summed E-state index contributed by atoms with van der Waals surface area (Å²) in [5, 5.41) is 2.82. The van der Waals surface area contributed by atoms with Crippen LogP contribution in [0.3, 0.4) is 0 Å². The number of nitrogens with zero attached hydrogens (tertiary/aromatic N) is 1. The molecule has 2 aromatic rings. The lowest BCUT2D eigenvalue weighted by atomic mass is 10.2. The lowest BCUT2D eigenvalue weighted by Crippen LogP contribution is -2.42. The molecule has 1 aromatic carbocycles. The molecule has 1 unspecified atom stereocenters. The normalized spacial score (nSPS) is 17.3. The number of halogens is 1. The molecule has 7 nitrogen and oxygen atoms in total. The number of carbonyl (C=O) groups is 1. The molecule has 1 aromatic heterocycles. The summed E-state index contributed by atoms with van der Waals surface area (Å²) in [4.78, 5) is 13.0. The third kappa shape index (κ3) is 4.85. The Balaban J connectivity index is 1.83. The summed E-state index contributed by atoms with van der Waals surface area (Å²) >= 11 is 6.88. The van der Waals surface area contributed by atoms with Crippen molar-refractivity contribution in [2.24, 2.45) is 0 Å². The molecule has 0 saturated carbocycles. The molecule has 3 rings (SSSR count). The van der Waals surface area contributed by atoms with Gasteiger partial charge < -0.3 is 14.8 Å². The zero-order chi connectivity index (χ0) is 21.0. The highest BCUT2D eigenvalue weighted by Gasteiger charge is 2.40. The van der Waals surface area contributed by atoms with E-state index in [9.17, 15) is 13.2 Å². The molecule has 1 saturated heterocycles. The van der Waals surface area contributed by atoms with Gasteiger partial charge in [0.25, 0.3) is 10.0 Å². The van der Waals surface area contributed by atoms with E-state index in [4.69, 9.17) is 21.1 Å². The van der Waals surface area contributed by atoms with Crippen LogP contribution in [0.4, 0.5) is 5.69 Å². The molecule has 10 heteroatoms. The molecular weight excluding hydrogens is 436 g/mol. The standard InChI is InChI=1S/C19H23ClN2O5S2/c1-3-26-13-7-8-16(27-4-2)14(12-13)21-19(23)15-6-5-11-22(15)29(24,25)18-10-9-17(20)28-18/h7-10,12,15H,3-6,11H2,1-2H3,(H,21,23). The minimum absolute atomic E-state index is 0.135. The summed E-state index contributed by atoms with van der Waals surface area (Å²) in [6.07, 6.45) is 1.05. The van der Waals surface area contributed by atoms with Crippen LogP contribution in [-0.4, -0.2) is 44.4 Å². The highest BCUT2D eigenvalue weighted by atomic mass is 35.5. The molecule has 1 aliphatic rings. The molecule has 0 radical (unpaired) electrons. The molecule has 29 heavy (non-hydrogen) atoms. The van der Waals surface area contributed by atoms with Crippen LogP contribution in [0.2, 0.25) is 4.34 Å². The average Bonchev–Trinajstić information content (AvgIpc) is 3.34. The Labute approximate surface area is 179 Å². The van der Waals surface area contributed by atoms with Crippen molar-refractivity contribution in [1.29, 1.82) is 0 Å². The van der Waals surface area contributed by atoms with Gasteiger partial charge in [-0.25, -0.2) is 8.42 Å². The van der Waals surface area contributed by atoms with E-state index in [1.165, 1.54) is 16.4 Å². The second-order valence-electron chi connectivity index (χ2n) is 6.35. The van der Waals surface area contributed by atoms with E-state index in [1.54, 1.807) is 18.2 Å². The van der Waals surface area contributed by atoms with Crippen LogP contribution in [0.15, 0.2) is 34.5 Å². The van der Waals surface area contributed by atoms with Gasteiger partial charge in [-0.2, -0.15) is 4.31 Å². The van der Waals surface area contributed by atoms with Gasteiger partial charge >= 0.3 is 0 Å². The number of rotatable bonds is 8. The van der Waals surface area contributed by atoms with Crippen molar-refractivity contribution in [3.8, 4) is 11.5 Å². The number of nitrogens with one attached hydrogen (secondary N) is 1. The molecule has 1 N–H and O–H groups in total. The van der Waals surface area contributed by atoms with E-state index in [1.807, 2.05) is 13.8 Å². The Morgan fingerprint density at radius 3 is 2.66 bits per heavy atom. The first-order valence-corrected chi connectivity index (χ1v) is 12.0. The minimum Gasteiger partial charge on any atom is -0.494 e. The average molecular weight is 459 g/mol. The Kier molecular flexibility index (Phi) is 7.05. The van der Waals surface area contributed by atoms with Gasteiger partial charge in [0.15, 0.2) is 0 Å². The van der Waals surface area contributed by atoms with E-state index in [0.717, 1.165) is 11.3 Å². The van der Waals surface area contributed by atoms with Crippen LogP contribution in [0.25, 0.3) is 0 Å². The Morgan fingerprint density at radius 1 is 1.24 bits per heavy atom. The predicted molar refractivity (Wildman–Crippen MR) is 114 cm³/mol. The van der Waals surface area contributed by atoms with Gasteiger partial charge in [-0.05, 0) is 51.0 Å². The molecule has 1 aliphatic heterocycles. The van der Waals surface area contributed by atoms with Crippen molar-refractivity contribution in [3.05, 3.63) is 34.7 Å². The molecule has 0 spiro atoms. The van der Waals surface area contributed by atoms with Gasteiger partial charge in [-0.1, -0.05) is 11.6 Å². The predicted octanol–water partition coefficient (Wildman–Crippen LogP) is 3.99. The summed E-state index contributed by atoms with van der Waals surface area (Å²) in [7, 11) is -3.79. The van der Waals surface area contributed by atoms with Gasteiger partial charge in [0.2, 0.25) is 5.91 Å². The van der Waals surface area contributed by atoms with Crippen molar-refractivity contribution >= 4 is 44.6 Å². The molecule has 158 valence electrons. The Bertz CT molecular complexity index is 977. The topological polar surface area (TPSA) is 84.9 Å². The lowest BCUT2D eigenvalue weighted by Gasteiger charge is -2.23. The molecule has 2 heterocycles. The van der Waals surface area contributed by atoms with Crippen LogP contribution in [0.1, 0.15) is 26.7 Å². The molecule has 0 aliphatic carbocycles. The second kappa shape index (κ2) is 9.34. The molecular formula is C19H23ClN2O5S2. The number of carbonyl (C=O) groups excluding carboxylic acids is 1. The smallest absolute Gasteiger partial charge is 0.253 e. The van der Waals surface area contributed by atoms with E-state index >= 15 is 0 Å². The van der Waals surface area contributed by atoms with Crippen LogP contribution in [0.5, 0.6) is 11.5 Å². The SMILES string of the molecule is CCOc1ccc(OCC)c(NC(=O)C2CCCN2S(=O)(=O)c2ccc(Cl)s2)c1. The summed E-state index contributed by atoms with van der Waals surface area (Å²) in [6.45, 7) is 4.92. The first kappa shape index (κ1) is 21.9. The number of hydrogen-bond donors (Lipinski definition) is 1. The number of ether oxygens (including phenoxy) is 2. The number of anilines is 1. The van der Waals surface area contributed by atoms with Gasteiger partial charge in [-0.3, -0.25) is 4.79 Å². The lowest BCUT2D eigenvalue weighted by molar-refractivity contribution is -0.119. The van der Waals surface area contributed by atoms with Crippen molar-refractivity contribution in [1.82, 2.24) is 4.31 Å². The van der Waals surface area contributed by atoms with Crippen LogP contribution in [-0.2, 0) is 14.8 Å². The highest BCUT2D eigenvalue weighted by molar-refractivity contribution is 7.91. The maximum Gasteiger partial charge on any atom is 0.253 e. The maximum atomic E-state index is 13.0. The zero-order valence-corrected chi connectivity index (χ0v) is 18.6. The van der Waals surface area contributed by atoms with Crippen molar-refractivity contribution < 1.29 is 22.7 Å². The van der Waals surface area contributed by atoms with Crippen molar-refractivity contribution in [3.63, 3.8) is 0 Å². The van der Waals surface area contributed by atoms with E-state index in [-0.39, 0.29) is 10.8 Å². The maximum absolute atomic E-state index is 13.0. The fraction of sp³-hybridized carbons (Fsp3) is 0.421. The Hall–Kier alpha value is -1.81. The zero-order valence-electron chi connectivity index (χ0n) is 16.2. The number of hydrogen-bond acceptors (Lipinski definition) is 6. The molecule has 1 amide bonds. The largest absolute Gasteiger partial charge is 0.494 e. The number of amides is 1. The third-order valence-corrected chi connectivity index (χ3v) is 8.04. The van der Waals surface area contributed by atoms with E-state index in [0.29, 0.717) is 47.6 Å². The van der Waals surface area contributed by atoms with E-state index < -0.39 is 22.0 Å². The second-order valence-corrected chi connectivity index (χ2v) is 10.2. The summed E-state index contributed by atoms with van der Waals surface area (Å²) in [5.41, 5.74) is 0.450. The minimum atomic E-state index is -3.79. The summed E-state index contributed by atoms with van der Waals surface area (Å²) in [6, 6.07) is 7.37. The number of sulfonamides is 1. The van der Waals surface area contributed by atoms with E-state index in [2.05, 4.69) is 5.32 Å². The van der Waals surface area contributed by atoms with Gasteiger partial charge in [-0.15, -0.1) is 11.3 Å². The molecule has 1 atom stereocenters. The van der Waals surface area contributed by atoms with Gasteiger partial charge in [0, 0.05) is 12.6 Å². The fourth-order valence-electron chi connectivity index (χ4n) is 3.20. The summed E-state index contributed by atoms with van der Waals surface area (Å²) < 4.78 is 38.8. The third-order valence-electron chi connectivity index (χ3n) is 4.44. The van der Waals surface area contributed by atoms with Crippen molar-refractivity contribution in [2.45, 2.75) is 36.9 Å². The van der Waals surface area contributed by atoms with Gasteiger partial charge in [0.1, 0.15) is 21.8 Å². The highest BCUT2D eigenvalue weighted by Crippen LogP contribution is 2.34. The first-order chi connectivity index (χ1) is 13.9. The fourth-order valence-corrected chi connectivity index (χ4v) is 6.47. The molecule has 1 fully saturated rings. The number of benzene rings is 1. The quantitative estimate of drug-likeness (QED) is 0.646. The first-order valence-electron chi connectivity index (χ1n) is 9.34. The van der Waals surface area contributed by atoms with Crippen molar-refractivity contribution in [2.75, 3.05) is 25.1 Å². The van der Waals surface area contributed by atoms with Crippen LogP contribution >= 0.6 is 22.9 Å². The van der Waals surface area contributed by atoms with Crippen LogP contribution in [0, 0.1) is 0 Å². The monoisotopic (exact) mass is 458 g/mol. The summed E-state index contributed by atoms with van der Waals surface area (Å²) in [5.74, 6) is 0.695. The number of thiophene rings is 1. The molecule has 0 bridgehead atoms. The van der Waals surface area contributed by atoms with Gasteiger partial charge in [0.05, 0.1) is 23.2 Å².